The molecule has 2 N–H and O–H groups in total. The molecule has 20 heavy (non-hydrogen) atoms. The van der Waals surface area contributed by atoms with Gasteiger partial charge in [0.2, 0.25) is 0 Å². The number of nitrogens with two attached hydrogens (primary N) is 1. The van der Waals surface area contributed by atoms with E-state index in [-0.39, 0.29) is 17.6 Å². The van der Waals surface area contributed by atoms with Gasteiger partial charge in [-0.25, -0.2) is 4.39 Å². The van der Waals surface area contributed by atoms with Gasteiger partial charge >= 0.3 is 0 Å². The summed E-state index contributed by atoms with van der Waals surface area (Å²) in [5.74, 6) is 0.426. The van der Waals surface area contributed by atoms with E-state index in [1.54, 1.807) is 6.07 Å². The second-order valence-electron chi connectivity index (χ2n) is 5.45. The van der Waals surface area contributed by atoms with E-state index < -0.39 is 0 Å². The van der Waals surface area contributed by atoms with Crippen LogP contribution in [-0.4, -0.2) is 25.9 Å². The fourth-order valence-corrected chi connectivity index (χ4v) is 1.77. The van der Waals surface area contributed by atoms with Crippen molar-refractivity contribution < 1.29 is 13.9 Å². The van der Waals surface area contributed by atoms with E-state index in [4.69, 9.17) is 15.2 Å². The van der Waals surface area contributed by atoms with Gasteiger partial charge in [0.25, 0.3) is 0 Å². The smallest absolute Gasteiger partial charge is 0.165 e. The van der Waals surface area contributed by atoms with Crippen molar-refractivity contribution in [2.75, 3.05) is 19.8 Å². The fourth-order valence-electron chi connectivity index (χ4n) is 1.77. The molecule has 0 amide bonds. The maximum absolute atomic E-state index is 13.8. The standard InChI is InChI=1S/C16H26FNO2/c1-4-14(18)9-13-5-6-16(15(17)10-13)20-8-7-19-11-12(2)3/h5-6,10,12,14H,4,7-9,11,18H2,1-3H3. The first kappa shape index (κ1) is 16.9. The van der Waals surface area contributed by atoms with E-state index in [1.165, 1.54) is 6.07 Å². The maximum atomic E-state index is 13.8. The first-order valence-electron chi connectivity index (χ1n) is 7.27. The number of benzene rings is 1. The van der Waals surface area contributed by atoms with Crippen LogP contribution in [0.4, 0.5) is 4.39 Å². The molecule has 0 radical (unpaired) electrons. The molecular weight excluding hydrogens is 257 g/mol. The van der Waals surface area contributed by atoms with Gasteiger partial charge in [-0.15, -0.1) is 0 Å². The number of hydrogen-bond acceptors (Lipinski definition) is 3. The minimum atomic E-state index is -0.338. The van der Waals surface area contributed by atoms with Gasteiger partial charge in [-0.05, 0) is 36.5 Å². The van der Waals surface area contributed by atoms with Gasteiger partial charge in [0, 0.05) is 12.6 Å². The van der Waals surface area contributed by atoms with Crippen LogP contribution < -0.4 is 10.5 Å². The number of halogens is 1. The van der Waals surface area contributed by atoms with E-state index in [9.17, 15) is 4.39 Å². The summed E-state index contributed by atoms with van der Waals surface area (Å²) < 4.78 is 24.6. The lowest BCUT2D eigenvalue weighted by atomic mass is 10.0. The normalized spacial score (nSPS) is 12.7. The number of rotatable bonds is 9. The van der Waals surface area contributed by atoms with Gasteiger partial charge in [0.1, 0.15) is 6.61 Å². The Bertz CT molecular complexity index is 396. The third kappa shape index (κ3) is 6.35. The van der Waals surface area contributed by atoms with E-state index >= 15 is 0 Å². The minimum Gasteiger partial charge on any atom is -0.488 e. The first-order chi connectivity index (χ1) is 9.52. The fraction of sp³-hybridized carbons (Fsp3) is 0.625. The Kier molecular flexibility index (Phi) is 7.55. The molecule has 0 heterocycles. The van der Waals surface area contributed by atoms with Gasteiger partial charge in [-0.1, -0.05) is 26.8 Å². The highest BCUT2D eigenvalue weighted by atomic mass is 19.1. The summed E-state index contributed by atoms with van der Waals surface area (Å²) in [6.07, 6.45) is 1.57. The summed E-state index contributed by atoms with van der Waals surface area (Å²) in [7, 11) is 0. The lowest BCUT2D eigenvalue weighted by Gasteiger charge is -2.12. The van der Waals surface area contributed by atoms with Crippen LogP contribution in [0.2, 0.25) is 0 Å². The Morgan fingerprint density at radius 3 is 2.60 bits per heavy atom. The molecule has 0 bridgehead atoms. The van der Waals surface area contributed by atoms with Crippen molar-refractivity contribution in [2.45, 2.75) is 39.7 Å². The monoisotopic (exact) mass is 283 g/mol. The number of hydrogen-bond donors (Lipinski definition) is 1. The van der Waals surface area contributed by atoms with Crippen LogP contribution in [0.15, 0.2) is 18.2 Å². The highest BCUT2D eigenvalue weighted by molar-refractivity contribution is 5.29. The van der Waals surface area contributed by atoms with Gasteiger partial charge in [0.15, 0.2) is 11.6 Å². The molecule has 0 spiro atoms. The zero-order valence-electron chi connectivity index (χ0n) is 12.7. The van der Waals surface area contributed by atoms with Crippen LogP contribution in [0.1, 0.15) is 32.8 Å². The lowest BCUT2D eigenvalue weighted by Crippen LogP contribution is -2.21. The molecule has 0 fully saturated rings. The van der Waals surface area contributed by atoms with Crippen molar-refractivity contribution in [3.8, 4) is 5.75 Å². The molecule has 4 heteroatoms. The third-order valence-corrected chi connectivity index (χ3v) is 2.95. The molecule has 0 aromatic heterocycles. The molecule has 1 aromatic carbocycles. The molecule has 1 unspecified atom stereocenters. The minimum absolute atomic E-state index is 0.0746. The van der Waals surface area contributed by atoms with Crippen LogP contribution >= 0.6 is 0 Å². The van der Waals surface area contributed by atoms with Crippen molar-refractivity contribution in [1.29, 1.82) is 0 Å². The molecule has 114 valence electrons. The van der Waals surface area contributed by atoms with Crippen molar-refractivity contribution >= 4 is 0 Å². The van der Waals surface area contributed by atoms with Gasteiger partial charge in [-0.3, -0.25) is 0 Å². The number of ether oxygens (including phenoxy) is 2. The zero-order valence-corrected chi connectivity index (χ0v) is 12.7. The molecule has 1 atom stereocenters. The van der Waals surface area contributed by atoms with Crippen LogP contribution in [0.3, 0.4) is 0 Å². The molecular formula is C16H26FNO2. The second kappa shape index (κ2) is 8.93. The second-order valence-corrected chi connectivity index (χ2v) is 5.45. The maximum Gasteiger partial charge on any atom is 0.165 e. The Morgan fingerprint density at radius 2 is 2.00 bits per heavy atom. The molecule has 0 aliphatic carbocycles. The summed E-state index contributed by atoms with van der Waals surface area (Å²) >= 11 is 0. The summed E-state index contributed by atoms with van der Waals surface area (Å²) in [4.78, 5) is 0. The highest BCUT2D eigenvalue weighted by Crippen LogP contribution is 2.19. The highest BCUT2D eigenvalue weighted by Gasteiger charge is 2.07. The average Bonchev–Trinajstić information content (AvgIpc) is 2.40. The molecule has 0 saturated carbocycles. The lowest BCUT2D eigenvalue weighted by molar-refractivity contribution is 0.0808. The van der Waals surface area contributed by atoms with Gasteiger partial charge < -0.3 is 15.2 Å². The molecule has 3 nitrogen and oxygen atoms in total. The Morgan fingerprint density at radius 1 is 1.25 bits per heavy atom. The van der Waals surface area contributed by atoms with Crippen molar-refractivity contribution in [3.63, 3.8) is 0 Å². The molecule has 1 rings (SSSR count). The quantitative estimate of drug-likeness (QED) is 0.708. The van der Waals surface area contributed by atoms with Crippen LogP contribution in [0, 0.1) is 11.7 Å². The van der Waals surface area contributed by atoms with E-state index in [2.05, 4.69) is 13.8 Å². The molecule has 0 aliphatic heterocycles. The Hall–Kier alpha value is -1.13. The van der Waals surface area contributed by atoms with Crippen molar-refractivity contribution in [1.82, 2.24) is 0 Å². The molecule has 0 saturated heterocycles. The molecule has 0 aliphatic rings. The topological polar surface area (TPSA) is 44.5 Å². The van der Waals surface area contributed by atoms with Crippen molar-refractivity contribution in [2.24, 2.45) is 11.7 Å². The third-order valence-electron chi connectivity index (χ3n) is 2.95. The largest absolute Gasteiger partial charge is 0.488 e. The predicted molar refractivity (Wildman–Crippen MR) is 79.5 cm³/mol. The summed E-state index contributed by atoms with van der Waals surface area (Å²) in [6, 6.07) is 5.10. The predicted octanol–water partition coefficient (Wildman–Crippen LogP) is 3.16. The van der Waals surface area contributed by atoms with Crippen LogP contribution in [0.25, 0.3) is 0 Å². The van der Waals surface area contributed by atoms with E-state index in [0.717, 1.165) is 12.0 Å². The Labute approximate surface area is 121 Å². The SMILES string of the molecule is CCC(N)Cc1ccc(OCCOCC(C)C)c(F)c1. The van der Waals surface area contributed by atoms with Crippen molar-refractivity contribution in [3.05, 3.63) is 29.6 Å². The van der Waals surface area contributed by atoms with Crippen LogP contribution in [0.5, 0.6) is 5.75 Å². The summed E-state index contributed by atoms with van der Waals surface area (Å²) in [5, 5.41) is 0. The van der Waals surface area contributed by atoms with E-state index in [1.807, 2.05) is 13.0 Å². The zero-order chi connectivity index (χ0) is 15.0. The Balaban J connectivity index is 2.39. The molecule has 1 aromatic rings. The summed E-state index contributed by atoms with van der Waals surface area (Å²) in [6.45, 7) is 7.72. The van der Waals surface area contributed by atoms with Crippen LogP contribution in [-0.2, 0) is 11.2 Å². The van der Waals surface area contributed by atoms with Gasteiger partial charge in [-0.2, -0.15) is 0 Å². The van der Waals surface area contributed by atoms with Gasteiger partial charge in [0.05, 0.1) is 6.61 Å². The summed E-state index contributed by atoms with van der Waals surface area (Å²) in [5.41, 5.74) is 6.76. The van der Waals surface area contributed by atoms with E-state index in [0.29, 0.717) is 32.2 Å². The average molecular weight is 283 g/mol. The first-order valence-corrected chi connectivity index (χ1v) is 7.27.